The zero-order chi connectivity index (χ0) is 18.2. The number of rotatable bonds is 6. The third-order valence-electron chi connectivity index (χ3n) is 3.07. The molecular weight excluding hydrogens is 330 g/mol. The van der Waals surface area contributed by atoms with Crippen molar-refractivity contribution in [2.24, 2.45) is 0 Å². The van der Waals surface area contributed by atoms with E-state index in [0.717, 1.165) is 0 Å². The van der Waals surface area contributed by atoms with Gasteiger partial charge < -0.3 is 9.47 Å². The van der Waals surface area contributed by atoms with Gasteiger partial charge in [0, 0.05) is 5.56 Å². The SMILES string of the molecule is COc1ccc(OCC(=O)NNC(=O)c2ccccc2)c([N+](=O)[O-])c1. The number of nitrogens with zero attached hydrogens (tertiary/aromatic N) is 1. The summed E-state index contributed by atoms with van der Waals surface area (Å²) in [4.78, 5) is 33.9. The molecule has 9 nitrogen and oxygen atoms in total. The van der Waals surface area contributed by atoms with Crippen LogP contribution in [0, 0.1) is 10.1 Å². The van der Waals surface area contributed by atoms with Gasteiger partial charge in [-0.15, -0.1) is 0 Å². The maximum atomic E-state index is 11.8. The zero-order valence-electron chi connectivity index (χ0n) is 13.2. The fourth-order valence-electron chi connectivity index (χ4n) is 1.86. The Morgan fingerprint density at radius 2 is 1.84 bits per heavy atom. The number of nitro benzene ring substituents is 1. The first kappa shape index (κ1) is 17.7. The number of carbonyl (C=O) groups is 2. The van der Waals surface area contributed by atoms with E-state index in [9.17, 15) is 19.7 Å². The van der Waals surface area contributed by atoms with Crippen LogP contribution in [0.3, 0.4) is 0 Å². The number of hydrogen-bond donors (Lipinski definition) is 2. The second kappa shape index (κ2) is 8.29. The standard InChI is InChI=1S/C16H15N3O6/c1-24-12-7-8-14(13(9-12)19(22)23)25-10-15(20)17-18-16(21)11-5-3-2-4-6-11/h2-9H,10H2,1H3,(H,17,20)(H,18,21). The molecule has 0 aromatic heterocycles. The summed E-state index contributed by atoms with van der Waals surface area (Å²) in [5, 5.41) is 11.0. The van der Waals surface area contributed by atoms with Gasteiger partial charge in [-0.1, -0.05) is 18.2 Å². The first-order valence-electron chi connectivity index (χ1n) is 7.10. The fraction of sp³-hybridized carbons (Fsp3) is 0.125. The highest BCUT2D eigenvalue weighted by Crippen LogP contribution is 2.30. The Labute approximate surface area is 142 Å². The summed E-state index contributed by atoms with van der Waals surface area (Å²) in [5.41, 5.74) is 4.42. The van der Waals surface area contributed by atoms with Crippen molar-refractivity contribution in [1.82, 2.24) is 10.9 Å². The van der Waals surface area contributed by atoms with Gasteiger partial charge >= 0.3 is 5.69 Å². The van der Waals surface area contributed by atoms with Gasteiger partial charge in [0.1, 0.15) is 5.75 Å². The van der Waals surface area contributed by atoms with E-state index in [2.05, 4.69) is 10.9 Å². The van der Waals surface area contributed by atoms with Crippen molar-refractivity contribution in [3.63, 3.8) is 0 Å². The van der Waals surface area contributed by atoms with Gasteiger partial charge in [-0.3, -0.25) is 30.6 Å². The number of benzene rings is 2. The number of carbonyl (C=O) groups excluding carboxylic acids is 2. The number of nitrogens with one attached hydrogen (secondary N) is 2. The molecule has 2 aromatic carbocycles. The molecule has 0 aliphatic carbocycles. The second-order valence-corrected chi connectivity index (χ2v) is 4.75. The van der Waals surface area contributed by atoms with Crippen molar-refractivity contribution in [3.05, 3.63) is 64.2 Å². The monoisotopic (exact) mass is 345 g/mol. The van der Waals surface area contributed by atoms with Crippen molar-refractivity contribution in [2.45, 2.75) is 0 Å². The molecule has 0 atom stereocenters. The van der Waals surface area contributed by atoms with E-state index >= 15 is 0 Å². The van der Waals surface area contributed by atoms with E-state index in [-0.39, 0.29) is 11.4 Å². The molecule has 0 saturated carbocycles. The summed E-state index contributed by atoms with van der Waals surface area (Å²) in [6.07, 6.45) is 0. The molecule has 130 valence electrons. The van der Waals surface area contributed by atoms with Gasteiger partial charge in [0.2, 0.25) is 0 Å². The highest BCUT2D eigenvalue weighted by atomic mass is 16.6. The van der Waals surface area contributed by atoms with Gasteiger partial charge in [0.25, 0.3) is 11.8 Å². The van der Waals surface area contributed by atoms with E-state index < -0.39 is 23.3 Å². The number of methoxy groups -OCH3 is 1. The minimum Gasteiger partial charge on any atom is -0.496 e. The van der Waals surface area contributed by atoms with Crippen LogP contribution in [0.2, 0.25) is 0 Å². The highest BCUT2D eigenvalue weighted by molar-refractivity contribution is 5.95. The highest BCUT2D eigenvalue weighted by Gasteiger charge is 2.17. The Hall–Kier alpha value is -3.62. The van der Waals surface area contributed by atoms with E-state index in [1.165, 1.54) is 25.3 Å². The predicted molar refractivity (Wildman–Crippen MR) is 87.2 cm³/mol. The largest absolute Gasteiger partial charge is 0.496 e. The third-order valence-corrected chi connectivity index (χ3v) is 3.07. The van der Waals surface area contributed by atoms with Crippen LogP contribution >= 0.6 is 0 Å². The molecule has 0 saturated heterocycles. The maximum absolute atomic E-state index is 11.8. The first-order valence-corrected chi connectivity index (χ1v) is 7.10. The molecule has 0 bridgehead atoms. The van der Waals surface area contributed by atoms with E-state index in [0.29, 0.717) is 11.3 Å². The predicted octanol–water partition coefficient (Wildman–Crippen LogP) is 1.44. The molecule has 0 heterocycles. The Kier molecular flexibility index (Phi) is 5.88. The van der Waals surface area contributed by atoms with E-state index in [1.807, 2.05) is 0 Å². The van der Waals surface area contributed by atoms with E-state index in [1.54, 1.807) is 30.3 Å². The van der Waals surface area contributed by atoms with Crippen molar-refractivity contribution < 1.29 is 24.0 Å². The van der Waals surface area contributed by atoms with Gasteiger partial charge in [-0.25, -0.2) is 0 Å². The molecule has 9 heteroatoms. The first-order chi connectivity index (χ1) is 12.0. The Morgan fingerprint density at radius 1 is 1.12 bits per heavy atom. The van der Waals surface area contributed by atoms with Gasteiger partial charge in [-0.05, 0) is 24.3 Å². The zero-order valence-corrected chi connectivity index (χ0v) is 13.2. The van der Waals surface area contributed by atoms with Crippen molar-refractivity contribution in [3.8, 4) is 11.5 Å². The number of hydrazine groups is 1. The van der Waals surface area contributed by atoms with Crippen LogP contribution in [0.4, 0.5) is 5.69 Å². The van der Waals surface area contributed by atoms with Crippen LogP contribution in [-0.2, 0) is 4.79 Å². The topological polar surface area (TPSA) is 120 Å². The molecule has 2 rings (SSSR count). The fourth-order valence-corrected chi connectivity index (χ4v) is 1.86. The van der Waals surface area contributed by atoms with Crippen molar-refractivity contribution >= 4 is 17.5 Å². The van der Waals surface area contributed by atoms with Crippen LogP contribution in [0.15, 0.2) is 48.5 Å². The summed E-state index contributed by atoms with van der Waals surface area (Å²) < 4.78 is 10.0. The number of amides is 2. The minimum absolute atomic E-state index is 0.0877. The number of nitro groups is 1. The summed E-state index contributed by atoms with van der Waals surface area (Å²) in [7, 11) is 1.38. The van der Waals surface area contributed by atoms with Crippen LogP contribution in [0.25, 0.3) is 0 Å². The van der Waals surface area contributed by atoms with Crippen molar-refractivity contribution in [2.75, 3.05) is 13.7 Å². The van der Waals surface area contributed by atoms with Crippen LogP contribution in [-0.4, -0.2) is 30.5 Å². The van der Waals surface area contributed by atoms with E-state index in [4.69, 9.17) is 9.47 Å². The number of ether oxygens (including phenoxy) is 2. The maximum Gasteiger partial charge on any atom is 0.314 e. The molecule has 0 spiro atoms. The Balaban J connectivity index is 1.90. The molecule has 0 aliphatic rings. The molecule has 2 amide bonds. The lowest BCUT2D eigenvalue weighted by Crippen LogP contribution is -2.43. The Bertz CT molecular complexity index is 779. The molecule has 0 aliphatic heterocycles. The summed E-state index contributed by atoms with van der Waals surface area (Å²) in [5.74, 6) is -0.965. The molecule has 0 radical (unpaired) electrons. The van der Waals surface area contributed by atoms with Crippen LogP contribution in [0.5, 0.6) is 11.5 Å². The average Bonchev–Trinajstić information content (AvgIpc) is 2.64. The molecule has 25 heavy (non-hydrogen) atoms. The molecule has 0 fully saturated rings. The average molecular weight is 345 g/mol. The summed E-state index contributed by atoms with van der Waals surface area (Å²) in [6.45, 7) is -0.512. The summed E-state index contributed by atoms with van der Waals surface area (Å²) >= 11 is 0. The number of hydrogen-bond acceptors (Lipinski definition) is 6. The second-order valence-electron chi connectivity index (χ2n) is 4.75. The third kappa shape index (κ3) is 4.93. The van der Waals surface area contributed by atoms with Gasteiger partial charge in [-0.2, -0.15) is 0 Å². The lowest BCUT2D eigenvalue weighted by Gasteiger charge is -2.09. The Morgan fingerprint density at radius 3 is 2.48 bits per heavy atom. The lowest BCUT2D eigenvalue weighted by atomic mass is 10.2. The minimum atomic E-state index is -0.672. The van der Waals surface area contributed by atoms with Crippen molar-refractivity contribution in [1.29, 1.82) is 0 Å². The molecule has 0 unspecified atom stereocenters. The normalized spacial score (nSPS) is 9.80. The van der Waals surface area contributed by atoms with Crippen LogP contribution in [0.1, 0.15) is 10.4 Å². The quantitative estimate of drug-likeness (QED) is 0.604. The molecule has 2 aromatic rings. The van der Waals surface area contributed by atoms with Gasteiger partial charge in [0.05, 0.1) is 18.1 Å². The lowest BCUT2D eigenvalue weighted by molar-refractivity contribution is -0.385. The van der Waals surface area contributed by atoms with Crippen LogP contribution < -0.4 is 20.3 Å². The molecule has 2 N–H and O–H groups in total. The van der Waals surface area contributed by atoms with Gasteiger partial charge in [0.15, 0.2) is 12.4 Å². The smallest absolute Gasteiger partial charge is 0.314 e. The molecular formula is C16H15N3O6. The summed E-state index contributed by atoms with van der Waals surface area (Å²) in [6, 6.07) is 12.3.